The van der Waals surface area contributed by atoms with Gasteiger partial charge in [0.15, 0.2) is 0 Å². The van der Waals surface area contributed by atoms with Crippen molar-refractivity contribution >= 4 is 23.1 Å². The first-order valence-electron chi connectivity index (χ1n) is 7.72. The lowest BCUT2D eigenvalue weighted by Crippen LogP contribution is -2.49. The zero-order chi connectivity index (χ0) is 16.2. The summed E-state index contributed by atoms with van der Waals surface area (Å²) in [5.74, 6) is 0. The first-order valence-corrected chi connectivity index (χ1v) is 8.59. The van der Waals surface area contributed by atoms with Gasteiger partial charge in [-0.2, -0.15) is 0 Å². The monoisotopic (exact) mass is 331 g/mol. The summed E-state index contributed by atoms with van der Waals surface area (Å²) in [6.07, 6.45) is 3.44. The lowest BCUT2D eigenvalue weighted by molar-refractivity contribution is 0.142. The number of aromatic nitrogens is 2. The van der Waals surface area contributed by atoms with Crippen LogP contribution in [0.4, 0.5) is 10.5 Å². The second-order valence-electron chi connectivity index (χ2n) is 5.74. The second kappa shape index (κ2) is 7.06. The molecule has 2 aromatic heterocycles. The molecule has 122 valence electrons. The highest BCUT2D eigenvalue weighted by molar-refractivity contribution is 7.09. The zero-order valence-corrected chi connectivity index (χ0v) is 14.3. The van der Waals surface area contributed by atoms with Crippen molar-refractivity contribution in [1.82, 2.24) is 19.8 Å². The standard InChI is InChI=1S/C16H21N5OS/c1-12-9-17-4-3-15(12)19-16(22)21-7-5-20(6-8-21)10-14-11-23-13(2)18-14/h3-4,9,11H,5-8,10H2,1-2H3,(H,17,19,22). The Labute approximate surface area is 140 Å². The van der Waals surface area contributed by atoms with Gasteiger partial charge in [-0.05, 0) is 25.5 Å². The van der Waals surface area contributed by atoms with E-state index in [9.17, 15) is 4.79 Å². The fourth-order valence-corrected chi connectivity index (χ4v) is 3.23. The van der Waals surface area contributed by atoms with E-state index in [-0.39, 0.29) is 6.03 Å². The number of piperazine rings is 1. The van der Waals surface area contributed by atoms with Crippen LogP contribution < -0.4 is 5.32 Å². The summed E-state index contributed by atoms with van der Waals surface area (Å²) < 4.78 is 0. The molecule has 0 spiro atoms. The minimum absolute atomic E-state index is 0.0385. The third-order valence-electron chi connectivity index (χ3n) is 3.97. The van der Waals surface area contributed by atoms with Crippen LogP contribution in [0.5, 0.6) is 0 Å². The van der Waals surface area contributed by atoms with Crippen LogP contribution >= 0.6 is 11.3 Å². The predicted molar refractivity (Wildman–Crippen MR) is 91.7 cm³/mol. The molecule has 1 saturated heterocycles. The Morgan fingerprint density at radius 2 is 2.09 bits per heavy atom. The van der Waals surface area contributed by atoms with Gasteiger partial charge in [0.1, 0.15) is 0 Å². The normalized spacial score (nSPS) is 15.7. The van der Waals surface area contributed by atoms with Crippen molar-refractivity contribution in [3.63, 3.8) is 0 Å². The SMILES string of the molecule is Cc1nc(CN2CCN(C(=O)Nc3ccncc3C)CC2)cs1. The number of nitrogens with zero attached hydrogens (tertiary/aromatic N) is 4. The van der Waals surface area contributed by atoms with Crippen molar-refractivity contribution in [3.8, 4) is 0 Å². The smallest absolute Gasteiger partial charge is 0.321 e. The Hall–Kier alpha value is -1.99. The maximum atomic E-state index is 12.4. The highest BCUT2D eigenvalue weighted by atomic mass is 32.1. The number of hydrogen-bond donors (Lipinski definition) is 1. The summed E-state index contributed by atoms with van der Waals surface area (Å²) >= 11 is 1.68. The number of carbonyl (C=O) groups excluding carboxylic acids is 1. The van der Waals surface area contributed by atoms with Gasteiger partial charge in [0.2, 0.25) is 0 Å². The summed E-state index contributed by atoms with van der Waals surface area (Å²) in [6.45, 7) is 8.05. The van der Waals surface area contributed by atoms with Crippen molar-refractivity contribution in [2.75, 3.05) is 31.5 Å². The molecule has 1 fully saturated rings. The average molecular weight is 331 g/mol. The molecule has 0 unspecified atom stereocenters. The average Bonchev–Trinajstić information content (AvgIpc) is 2.95. The van der Waals surface area contributed by atoms with Gasteiger partial charge in [-0.3, -0.25) is 9.88 Å². The highest BCUT2D eigenvalue weighted by Crippen LogP contribution is 2.15. The number of thiazole rings is 1. The molecule has 0 aromatic carbocycles. The van der Waals surface area contributed by atoms with Crippen LogP contribution in [-0.4, -0.2) is 52.0 Å². The fraction of sp³-hybridized carbons (Fsp3) is 0.438. The number of rotatable bonds is 3. The van der Waals surface area contributed by atoms with Gasteiger partial charge in [-0.15, -0.1) is 11.3 Å². The molecule has 1 aliphatic rings. The molecule has 0 saturated carbocycles. The summed E-state index contributed by atoms with van der Waals surface area (Å²) in [5, 5.41) is 6.18. The first-order chi connectivity index (χ1) is 11.1. The molecule has 6 nitrogen and oxygen atoms in total. The molecular weight excluding hydrogens is 310 g/mol. The number of amides is 2. The molecule has 0 radical (unpaired) electrons. The topological polar surface area (TPSA) is 61.4 Å². The van der Waals surface area contributed by atoms with Crippen molar-refractivity contribution in [2.45, 2.75) is 20.4 Å². The number of carbonyl (C=O) groups is 1. The maximum absolute atomic E-state index is 12.4. The largest absolute Gasteiger partial charge is 0.322 e. The number of urea groups is 1. The van der Waals surface area contributed by atoms with Gasteiger partial charge in [0.05, 0.1) is 10.7 Å². The molecule has 23 heavy (non-hydrogen) atoms. The lowest BCUT2D eigenvalue weighted by atomic mass is 10.2. The van der Waals surface area contributed by atoms with Gasteiger partial charge in [-0.25, -0.2) is 9.78 Å². The first kappa shape index (κ1) is 15.9. The van der Waals surface area contributed by atoms with Crippen molar-refractivity contribution in [3.05, 3.63) is 40.1 Å². The zero-order valence-electron chi connectivity index (χ0n) is 13.5. The van der Waals surface area contributed by atoms with E-state index in [1.165, 1.54) is 0 Å². The number of aryl methyl sites for hydroxylation is 2. The molecule has 1 N–H and O–H groups in total. The fourth-order valence-electron chi connectivity index (χ4n) is 2.63. The van der Waals surface area contributed by atoms with E-state index in [0.717, 1.165) is 54.7 Å². The molecule has 0 atom stereocenters. The number of hydrogen-bond acceptors (Lipinski definition) is 5. The van der Waals surface area contributed by atoms with Crippen molar-refractivity contribution in [1.29, 1.82) is 0 Å². The Kier molecular flexibility index (Phi) is 4.88. The molecule has 1 aliphatic heterocycles. The van der Waals surface area contributed by atoms with Crippen molar-refractivity contribution < 1.29 is 4.79 Å². The molecule has 0 aliphatic carbocycles. The van der Waals surface area contributed by atoms with E-state index < -0.39 is 0 Å². The van der Waals surface area contributed by atoms with Crippen molar-refractivity contribution in [2.24, 2.45) is 0 Å². The molecule has 2 aromatic rings. The number of pyridine rings is 1. The third kappa shape index (κ3) is 4.05. The molecule has 2 amide bonds. The molecule has 0 bridgehead atoms. The Morgan fingerprint density at radius 3 is 2.74 bits per heavy atom. The van der Waals surface area contributed by atoms with Crippen LogP contribution in [0.25, 0.3) is 0 Å². The van der Waals surface area contributed by atoms with Crippen LogP contribution in [0.2, 0.25) is 0 Å². The second-order valence-corrected chi connectivity index (χ2v) is 6.80. The Bertz CT molecular complexity index is 679. The van der Waals surface area contributed by atoms with Gasteiger partial charge >= 0.3 is 6.03 Å². The number of nitrogens with one attached hydrogen (secondary N) is 1. The minimum Gasteiger partial charge on any atom is -0.322 e. The van der Waals surface area contributed by atoms with Gasteiger partial charge in [-0.1, -0.05) is 0 Å². The lowest BCUT2D eigenvalue weighted by Gasteiger charge is -2.34. The van der Waals surface area contributed by atoms with E-state index in [0.29, 0.717) is 0 Å². The summed E-state index contributed by atoms with van der Waals surface area (Å²) in [6, 6.07) is 1.79. The van der Waals surface area contributed by atoms with E-state index >= 15 is 0 Å². The molecular formula is C16H21N5OS. The highest BCUT2D eigenvalue weighted by Gasteiger charge is 2.21. The molecule has 7 heteroatoms. The van der Waals surface area contributed by atoms with Gasteiger partial charge in [0, 0.05) is 56.2 Å². The van der Waals surface area contributed by atoms with Crippen LogP contribution in [-0.2, 0) is 6.54 Å². The van der Waals surface area contributed by atoms with Gasteiger partial charge < -0.3 is 10.2 Å². The number of anilines is 1. The maximum Gasteiger partial charge on any atom is 0.321 e. The van der Waals surface area contributed by atoms with E-state index in [1.807, 2.05) is 24.8 Å². The summed E-state index contributed by atoms with van der Waals surface area (Å²) in [5.41, 5.74) is 2.92. The molecule has 3 heterocycles. The predicted octanol–water partition coefficient (Wildman–Crippen LogP) is 2.50. The quantitative estimate of drug-likeness (QED) is 0.939. The van der Waals surface area contributed by atoms with Gasteiger partial charge in [0.25, 0.3) is 0 Å². The third-order valence-corrected chi connectivity index (χ3v) is 4.80. The van der Waals surface area contributed by atoms with Crippen LogP contribution in [0.1, 0.15) is 16.3 Å². The van der Waals surface area contributed by atoms with Crippen LogP contribution in [0, 0.1) is 13.8 Å². The summed E-state index contributed by atoms with van der Waals surface area (Å²) in [7, 11) is 0. The Morgan fingerprint density at radius 1 is 1.30 bits per heavy atom. The van der Waals surface area contributed by atoms with E-state index in [4.69, 9.17) is 0 Å². The Balaban J connectivity index is 1.50. The van der Waals surface area contributed by atoms with Crippen LogP contribution in [0.3, 0.4) is 0 Å². The van der Waals surface area contributed by atoms with Crippen LogP contribution in [0.15, 0.2) is 23.8 Å². The molecule has 3 rings (SSSR count). The van der Waals surface area contributed by atoms with E-state index in [1.54, 1.807) is 23.7 Å². The van der Waals surface area contributed by atoms with E-state index in [2.05, 4.69) is 25.6 Å². The summed E-state index contributed by atoms with van der Waals surface area (Å²) in [4.78, 5) is 25.1. The minimum atomic E-state index is -0.0385.